The van der Waals surface area contributed by atoms with Crippen molar-refractivity contribution in [1.29, 1.82) is 0 Å². The number of alkyl halides is 7. The lowest BCUT2D eigenvalue weighted by Crippen LogP contribution is -2.53. The van der Waals surface area contributed by atoms with Gasteiger partial charge in [-0.25, -0.2) is 8.42 Å². The van der Waals surface area contributed by atoms with Gasteiger partial charge in [0.05, 0.1) is 4.90 Å². The summed E-state index contributed by atoms with van der Waals surface area (Å²) in [6, 6.07) is 7.69. The molecule has 0 heterocycles. The first kappa shape index (κ1) is 23.3. The van der Waals surface area contributed by atoms with Crippen molar-refractivity contribution in [1.82, 2.24) is 0 Å². The van der Waals surface area contributed by atoms with Gasteiger partial charge in [-0.15, -0.1) is 11.6 Å². The van der Waals surface area contributed by atoms with E-state index in [4.69, 9.17) is 11.6 Å². The number of benzene rings is 2. The van der Waals surface area contributed by atoms with Gasteiger partial charge in [-0.1, -0.05) is 24.3 Å². The van der Waals surface area contributed by atoms with E-state index in [0.717, 1.165) is 5.56 Å². The first-order chi connectivity index (χ1) is 13.2. The number of anilines is 1. The number of sulfonamides is 1. The average Bonchev–Trinajstić information content (AvgIpc) is 2.60. The minimum absolute atomic E-state index is 0.165. The number of hydrogen-bond acceptors (Lipinski definition) is 3. The van der Waals surface area contributed by atoms with Crippen molar-refractivity contribution in [3.05, 3.63) is 59.7 Å². The topological polar surface area (TPSA) is 66.4 Å². The van der Waals surface area contributed by atoms with E-state index in [-0.39, 0.29) is 10.6 Å². The highest BCUT2D eigenvalue weighted by atomic mass is 35.5. The van der Waals surface area contributed by atoms with E-state index in [9.17, 15) is 39.9 Å². The summed E-state index contributed by atoms with van der Waals surface area (Å²) in [6.07, 6.45) is -11.5. The van der Waals surface area contributed by atoms with Crippen LogP contribution in [-0.2, 0) is 22.0 Å². The van der Waals surface area contributed by atoms with Gasteiger partial charge in [0.2, 0.25) is 0 Å². The zero-order valence-electron chi connectivity index (χ0n) is 14.4. The number of aryl methyl sites for hydroxylation is 1. The molecule has 0 saturated carbocycles. The lowest BCUT2D eigenvalue weighted by atomic mass is 9.92. The molecule has 2 aromatic rings. The van der Waals surface area contributed by atoms with Gasteiger partial charge in [-0.05, 0) is 36.2 Å². The van der Waals surface area contributed by atoms with E-state index < -0.39 is 33.5 Å². The fourth-order valence-corrected chi connectivity index (χ4v) is 3.70. The molecule has 0 bridgehead atoms. The molecule has 0 aliphatic carbocycles. The van der Waals surface area contributed by atoms with Crippen molar-refractivity contribution >= 4 is 27.3 Å². The second kappa shape index (κ2) is 8.04. The zero-order valence-corrected chi connectivity index (χ0v) is 15.9. The monoisotopic (exact) mass is 461 g/mol. The van der Waals surface area contributed by atoms with Gasteiger partial charge >= 0.3 is 12.4 Å². The SMILES string of the molecule is O=S(=O)(Nc1ccc(C(O)(C(F)(F)F)C(F)(F)F)cc1)c1ccc(CCCl)cc1. The van der Waals surface area contributed by atoms with Crippen LogP contribution < -0.4 is 4.72 Å². The summed E-state index contributed by atoms with van der Waals surface area (Å²) in [5.41, 5.74) is -6.09. The van der Waals surface area contributed by atoms with Crippen LogP contribution in [0.1, 0.15) is 11.1 Å². The predicted molar refractivity (Wildman–Crippen MR) is 94.1 cm³/mol. The zero-order chi connectivity index (χ0) is 22.1. The standard InChI is InChI=1S/C17H14ClF6NO3S/c18-10-9-11-1-7-14(8-2-11)29(27,28)25-13-5-3-12(4-6-13)15(26,16(19,20)21)17(22,23)24/h1-8,25-26H,9-10H2. The molecule has 4 nitrogen and oxygen atoms in total. The molecule has 160 valence electrons. The molecule has 0 aliphatic rings. The molecule has 0 aliphatic heterocycles. The van der Waals surface area contributed by atoms with Crippen LogP contribution in [0.15, 0.2) is 53.4 Å². The highest BCUT2D eigenvalue weighted by Gasteiger charge is 2.71. The van der Waals surface area contributed by atoms with Crippen molar-refractivity contribution in [3.8, 4) is 0 Å². The Morgan fingerprint density at radius 2 is 1.34 bits per heavy atom. The van der Waals surface area contributed by atoms with Crippen LogP contribution in [0.3, 0.4) is 0 Å². The summed E-state index contributed by atoms with van der Waals surface area (Å²) >= 11 is 5.58. The Morgan fingerprint density at radius 3 is 1.76 bits per heavy atom. The third-order valence-corrected chi connectivity index (χ3v) is 5.58. The summed E-state index contributed by atoms with van der Waals surface area (Å²) in [7, 11) is -4.14. The van der Waals surface area contributed by atoms with Gasteiger partial charge in [0, 0.05) is 17.1 Å². The fraction of sp³-hybridized carbons (Fsp3) is 0.294. The molecule has 2 aromatic carbocycles. The summed E-state index contributed by atoms with van der Waals surface area (Å²) in [6.45, 7) is 0. The average molecular weight is 462 g/mol. The van der Waals surface area contributed by atoms with E-state index in [2.05, 4.69) is 0 Å². The molecule has 29 heavy (non-hydrogen) atoms. The maximum Gasteiger partial charge on any atom is 0.430 e. The number of nitrogens with one attached hydrogen (secondary N) is 1. The molecule has 2 N–H and O–H groups in total. The molecule has 0 aromatic heterocycles. The van der Waals surface area contributed by atoms with E-state index in [0.29, 0.717) is 36.6 Å². The molecule has 0 atom stereocenters. The first-order valence-corrected chi connectivity index (χ1v) is 9.88. The Hall–Kier alpha value is -1.98. The number of aliphatic hydroxyl groups is 1. The van der Waals surface area contributed by atoms with E-state index in [1.54, 1.807) is 0 Å². The molecular formula is C17H14ClF6NO3S. The smallest absolute Gasteiger partial charge is 0.369 e. The largest absolute Gasteiger partial charge is 0.430 e. The van der Waals surface area contributed by atoms with Crippen molar-refractivity contribution in [2.45, 2.75) is 29.3 Å². The second-order valence-electron chi connectivity index (χ2n) is 5.97. The first-order valence-electron chi connectivity index (χ1n) is 7.86. The number of hydrogen-bond donors (Lipinski definition) is 2. The second-order valence-corrected chi connectivity index (χ2v) is 8.03. The molecule has 0 fully saturated rings. The van der Waals surface area contributed by atoms with Crippen molar-refractivity contribution in [2.24, 2.45) is 0 Å². The van der Waals surface area contributed by atoms with E-state index in [1.807, 2.05) is 4.72 Å². The maximum atomic E-state index is 12.9. The Labute approximate surface area is 167 Å². The molecule has 0 spiro atoms. The summed E-state index contributed by atoms with van der Waals surface area (Å²) in [4.78, 5) is -0.165. The number of halogens is 7. The minimum atomic E-state index is -6.03. The molecule has 0 saturated heterocycles. The third-order valence-electron chi connectivity index (χ3n) is 3.99. The Kier molecular flexibility index (Phi) is 6.46. The van der Waals surface area contributed by atoms with E-state index >= 15 is 0 Å². The molecule has 12 heteroatoms. The quantitative estimate of drug-likeness (QED) is 0.489. The summed E-state index contributed by atoms with van der Waals surface area (Å²) in [5, 5.41) is 9.33. The van der Waals surface area contributed by atoms with Gasteiger partial charge in [-0.3, -0.25) is 4.72 Å². The van der Waals surface area contributed by atoms with Crippen LogP contribution in [-0.4, -0.2) is 31.8 Å². The molecule has 0 radical (unpaired) electrons. The molecule has 2 rings (SSSR count). The Balaban J connectivity index is 2.30. The van der Waals surface area contributed by atoms with Crippen LogP contribution in [0.5, 0.6) is 0 Å². The van der Waals surface area contributed by atoms with Crippen molar-refractivity contribution in [2.75, 3.05) is 10.6 Å². The molecule has 0 unspecified atom stereocenters. The van der Waals surface area contributed by atoms with Gasteiger partial charge in [-0.2, -0.15) is 26.3 Å². The van der Waals surface area contributed by atoms with Crippen LogP contribution in [0.25, 0.3) is 0 Å². The fourth-order valence-electron chi connectivity index (χ4n) is 2.43. The van der Waals surface area contributed by atoms with Crippen LogP contribution in [0.4, 0.5) is 32.0 Å². The van der Waals surface area contributed by atoms with Crippen LogP contribution in [0.2, 0.25) is 0 Å². The molecule has 0 amide bonds. The highest BCUT2D eigenvalue weighted by molar-refractivity contribution is 7.92. The summed E-state index contributed by atoms with van der Waals surface area (Å²) < 4.78 is 104. The normalized spacial score (nSPS) is 13.4. The Bertz CT molecular complexity index is 927. The predicted octanol–water partition coefficient (Wildman–Crippen LogP) is 4.58. The van der Waals surface area contributed by atoms with Gasteiger partial charge < -0.3 is 5.11 Å². The van der Waals surface area contributed by atoms with Crippen molar-refractivity contribution < 1.29 is 39.9 Å². The van der Waals surface area contributed by atoms with Gasteiger partial charge in [0.25, 0.3) is 15.6 Å². The maximum absolute atomic E-state index is 12.9. The van der Waals surface area contributed by atoms with Crippen LogP contribution in [0, 0.1) is 0 Å². The van der Waals surface area contributed by atoms with Gasteiger partial charge in [0.1, 0.15) is 0 Å². The Morgan fingerprint density at radius 1 is 0.862 bits per heavy atom. The van der Waals surface area contributed by atoms with Crippen molar-refractivity contribution in [3.63, 3.8) is 0 Å². The lowest BCUT2D eigenvalue weighted by molar-refractivity contribution is -0.376. The molecular weight excluding hydrogens is 448 g/mol. The summed E-state index contributed by atoms with van der Waals surface area (Å²) in [5.74, 6) is 0.332. The van der Waals surface area contributed by atoms with Crippen LogP contribution >= 0.6 is 11.6 Å². The van der Waals surface area contributed by atoms with E-state index in [1.165, 1.54) is 24.3 Å². The minimum Gasteiger partial charge on any atom is -0.369 e. The van der Waals surface area contributed by atoms with Gasteiger partial charge in [0.15, 0.2) is 0 Å². The third kappa shape index (κ3) is 4.78. The number of rotatable bonds is 6. The lowest BCUT2D eigenvalue weighted by Gasteiger charge is -2.32. The highest BCUT2D eigenvalue weighted by Crippen LogP contribution is 2.50.